The second-order valence-corrected chi connectivity index (χ2v) is 11.0. The number of nitrogens with one attached hydrogen (secondary N) is 2. The van der Waals surface area contributed by atoms with Crippen molar-refractivity contribution in [2.75, 3.05) is 11.8 Å². The summed E-state index contributed by atoms with van der Waals surface area (Å²) < 4.78 is 34.3. The third-order valence-electron chi connectivity index (χ3n) is 5.74. The highest BCUT2D eigenvalue weighted by atomic mass is 32.2. The predicted octanol–water partition coefficient (Wildman–Crippen LogP) is 5.94. The molecule has 0 spiro atoms. The number of amides is 1. The summed E-state index contributed by atoms with van der Waals surface area (Å²) in [5.74, 6) is 0.765. The topological polar surface area (TPSA) is 84.5 Å². The van der Waals surface area contributed by atoms with E-state index in [2.05, 4.69) is 23.9 Å². The third kappa shape index (κ3) is 6.85. The van der Waals surface area contributed by atoms with E-state index in [1.807, 2.05) is 44.2 Å². The largest absolute Gasteiger partial charge is 0.497 e. The Morgan fingerprint density at radius 2 is 1.54 bits per heavy atom. The maximum Gasteiger partial charge on any atom is 0.262 e. The van der Waals surface area contributed by atoms with Crippen LogP contribution in [0.15, 0.2) is 65.6 Å². The van der Waals surface area contributed by atoms with E-state index in [0.717, 1.165) is 28.9 Å². The lowest BCUT2D eigenvalue weighted by Crippen LogP contribution is -2.30. The zero-order valence-electron chi connectivity index (χ0n) is 21.2. The summed E-state index contributed by atoms with van der Waals surface area (Å²) >= 11 is 0. The number of anilines is 1. The van der Waals surface area contributed by atoms with Gasteiger partial charge < -0.3 is 10.1 Å². The van der Waals surface area contributed by atoms with Crippen molar-refractivity contribution in [3.8, 4) is 5.75 Å². The van der Waals surface area contributed by atoms with Gasteiger partial charge in [-0.05, 0) is 91.8 Å². The van der Waals surface area contributed by atoms with Gasteiger partial charge in [0.05, 0.1) is 18.0 Å². The molecule has 0 aliphatic carbocycles. The SMILES string of the molecule is COc1ccc([C@H](CC(C)C)NC(=O)c2ccc(C)c(S(=O)(=O)Nc3cc(C)cc(C)c3)c2)cc1. The van der Waals surface area contributed by atoms with Crippen LogP contribution >= 0.6 is 0 Å². The van der Waals surface area contributed by atoms with Gasteiger partial charge >= 0.3 is 0 Å². The summed E-state index contributed by atoms with van der Waals surface area (Å²) in [4.78, 5) is 13.3. The summed E-state index contributed by atoms with van der Waals surface area (Å²) in [5.41, 5.74) is 4.23. The molecule has 2 N–H and O–H groups in total. The summed E-state index contributed by atoms with van der Waals surface area (Å²) in [6.45, 7) is 9.74. The molecule has 3 aromatic carbocycles. The molecule has 0 saturated carbocycles. The van der Waals surface area contributed by atoms with Gasteiger partial charge in [-0.3, -0.25) is 9.52 Å². The van der Waals surface area contributed by atoms with Crippen molar-refractivity contribution in [3.05, 3.63) is 88.5 Å². The Hall–Kier alpha value is -3.32. The minimum Gasteiger partial charge on any atom is -0.497 e. The zero-order valence-corrected chi connectivity index (χ0v) is 22.0. The van der Waals surface area contributed by atoms with Gasteiger partial charge in [0.1, 0.15) is 5.75 Å². The van der Waals surface area contributed by atoms with Crippen LogP contribution in [0.2, 0.25) is 0 Å². The van der Waals surface area contributed by atoms with Crippen LogP contribution in [0, 0.1) is 26.7 Å². The zero-order chi connectivity index (χ0) is 25.8. The molecule has 0 aliphatic rings. The van der Waals surface area contributed by atoms with Crippen LogP contribution in [-0.4, -0.2) is 21.4 Å². The number of carbonyl (C=O) groups excluding carboxylic acids is 1. The van der Waals surface area contributed by atoms with Crippen LogP contribution in [0.3, 0.4) is 0 Å². The standard InChI is InChI=1S/C28H34N2O4S/c1-18(2)13-26(22-9-11-25(34-6)12-10-22)29-28(31)23-8-7-21(5)27(17-23)35(32,33)30-24-15-19(3)14-20(4)16-24/h7-12,14-18,26,30H,13H2,1-6H3,(H,29,31)/t26-/m0/s1. The van der Waals surface area contributed by atoms with Crippen molar-refractivity contribution in [1.82, 2.24) is 5.32 Å². The van der Waals surface area contributed by atoms with Crippen LogP contribution in [-0.2, 0) is 10.0 Å². The van der Waals surface area contributed by atoms with Gasteiger partial charge in [0.15, 0.2) is 0 Å². The van der Waals surface area contributed by atoms with Gasteiger partial charge in [-0.2, -0.15) is 0 Å². The third-order valence-corrected chi connectivity index (χ3v) is 7.27. The Morgan fingerprint density at radius 3 is 2.11 bits per heavy atom. The second kappa shape index (κ2) is 11.0. The number of carbonyl (C=O) groups is 1. The van der Waals surface area contributed by atoms with Crippen molar-refractivity contribution < 1.29 is 17.9 Å². The van der Waals surface area contributed by atoms with Crippen LogP contribution in [0.4, 0.5) is 5.69 Å². The lowest BCUT2D eigenvalue weighted by Gasteiger charge is -2.22. The number of hydrogen-bond donors (Lipinski definition) is 2. The van der Waals surface area contributed by atoms with Crippen molar-refractivity contribution >= 4 is 21.6 Å². The number of ether oxygens (including phenoxy) is 1. The highest BCUT2D eigenvalue weighted by Gasteiger charge is 2.22. The van der Waals surface area contributed by atoms with Crippen LogP contribution in [0.25, 0.3) is 0 Å². The Morgan fingerprint density at radius 1 is 0.914 bits per heavy atom. The molecule has 0 saturated heterocycles. The van der Waals surface area contributed by atoms with Crippen molar-refractivity contribution in [3.63, 3.8) is 0 Å². The molecule has 0 heterocycles. The Balaban J connectivity index is 1.88. The second-order valence-electron chi connectivity index (χ2n) is 9.39. The average molecular weight is 495 g/mol. The summed E-state index contributed by atoms with van der Waals surface area (Å²) in [5, 5.41) is 3.09. The number of sulfonamides is 1. The molecule has 35 heavy (non-hydrogen) atoms. The van der Waals surface area contributed by atoms with E-state index in [-0.39, 0.29) is 16.8 Å². The first-order chi connectivity index (χ1) is 16.5. The first-order valence-corrected chi connectivity index (χ1v) is 13.1. The maximum atomic E-state index is 13.2. The number of methoxy groups -OCH3 is 1. The van der Waals surface area contributed by atoms with Crippen LogP contribution in [0.5, 0.6) is 5.75 Å². The van der Waals surface area contributed by atoms with E-state index in [0.29, 0.717) is 22.7 Å². The number of hydrogen-bond acceptors (Lipinski definition) is 4. The quantitative estimate of drug-likeness (QED) is 0.386. The Kier molecular flexibility index (Phi) is 8.22. The van der Waals surface area contributed by atoms with Crippen molar-refractivity contribution in [1.29, 1.82) is 0 Å². The van der Waals surface area contributed by atoms with E-state index < -0.39 is 10.0 Å². The molecule has 0 aromatic heterocycles. The average Bonchev–Trinajstić information content (AvgIpc) is 2.77. The first kappa shape index (κ1) is 26.3. The highest BCUT2D eigenvalue weighted by Crippen LogP contribution is 2.26. The number of benzene rings is 3. The highest BCUT2D eigenvalue weighted by molar-refractivity contribution is 7.92. The lowest BCUT2D eigenvalue weighted by molar-refractivity contribution is 0.0931. The molecule has 6 nitrogen and oxygen atoms in total. The van der Waals surface area contributed by atoms with Gasteiger partial charge in [0.2, 0.25) is 0 Å². The molecule has 186 valence electrons. The molecule has 0 unspecified atom stereocenters. The summed E-state index contributed by atoms with van der Waals surface area (Å²) in [6.07, 6.45) is 0.739. The van der Waals surface area contributed by atoms with Gasteiger partial charge in [-0.25, -0.2) is 8.42 Å². The number of rotatable bonds is 9. The lowest BCUT2D eigenvalue weighted by atomic mass is 9.96. The summed E-state index contributed by atoms with van der Waals surface area (Å²) in [6, 6.07) is 17.7. The normalized spacial score (nSPS) is 12.3. The molecule has 1 amide bonds. The molecular formula is C28H34N2O4S. The molecule has 3 rings (SSSR count). The van der Waals surface area contributed by atoms with E-state index in [9.17, 15) is 13.2 Å². The van der Waals surface area contributed by atoms with Crippen molar-refractivity contribution in [2.24, 2.45) is 5.92 Å². The van der Waals surface area contributed by atoms with E-state index in [4.69, 9.17) is 4.74 Å². The minimum absolute atomic E-state index is 0.0779. The minimum atomic E-state index is -3.88. The molecule has 0 fully saturated rings. The van der Waals surface area contributed by atoms with Gasteiger partial charge in [0.25, 0.3) is 15.9 Å². The monoisotopic (exact) mass is 494 g/mol. The Labute approximate surface area is 208 Å². The molecule has 1 atom stereocenters. The maximum absolute atomic E-state index is 13.2. The van der Waals surface area contributed by atoms with E-state index >= 15 is 0 Å². The van der Waals surface area contributed by atoms with Crippen LogP contribution in [0.1, 0.15) is 58.9 Å². The fourth-order valence-electron chi connectivity index (χ4n) is 4.10. The van der Waals surface area contributed by atoms with Crippen molar-refractivity contribution in [2.45, 2.75) is 52.0 Å². The molecule has 0 aliphatic heterocycles. The molecule has 0 radical (unpaired) electrons. The first-order valence-electron chi connectivity index (χ1n) is 11.6. The van der Waals surface area contributed by atoms with Crippen LogP contribution < -0.4 is 14.8 Å². The summed E-state index contributed by atoms with van der Waals surface area (Å²) in [7, 11) is -2.27. The van der Waals surface area contributed by atoms with E-state index in [1.54, 1.807) is 38.3 Å². The van der Waals surface area contributed by atoms with E-state index in [1.165, 1.54) is 6.07 Å². The smallest absolute Gasteiger partial charge is 0.262 e. The van der Waals surface area contributed by atoms with Gasteiger partial charge in [-0.1, -0.05) is 38.1 Å². The molecule has 3 aromatic rings. The Bertz CT molecular complexity index is 1280. The number of aryl methyl sites for hydroxylation is 3. The van der Waals surface area contributed by atoms with Gasteiger partial charge in [-0.15, -0.1) is 0 Å². The van der Waals surface area contributed by atoms with Gasteiger partial charge in [0, 0.05) is 11.3 Å². The predicted molar refractivity (Wildman–Crippen MR) is 141 cm³/mol. The molecular weight excluding hydrogens is 460 g/mol. The fourth-order valence-corrected chi connectivity index (χ4v) is 5.41. The fraction of sp³-hybridized carbons (Fsp3) is 0.321. The molecule has 7 heteroatoms. The molecule has 0 bridgehead atoms.